The second kappa shape index (κ2) is 14.1. The standard InChI is InChI=1S/C33H28Br2N2O8S/c1-5-44-32(41)28-17(2)36-33-37(29(28)21-14-25(42-3)26(43-4)15-22(21)34)30(38)27(46-33)13-19-8-11-24(23(35)12-19)45-16-18-6-9-20(10-7-18)31(39)40/h6-15,29H,5,16H2,1-4H3,(H,39,40)/b27-13+/t29-/m1/s1. The predicted molar refractivity (Wildman–Crippen MR) is 180 cm³/mol. The van der Waals surface area contributed by atoms with E-state index < -0.39 is 18.0 Å². The van der Waals surface area contributed by atoms with Gasteiger partial charge in [-0.15, -0.1) is 0 Å². The zero-order valence-corrected chi connectivity index (χ0v) is 29.1. The maximum absolute atomic E-state index is 14.1. The van der Waals surface area contributed by atoms with Crippen LogP contribution in [0.15, 0.2) is 84.6 Å². The third-order valence-electron chi connectivity index (χ3n) is 7.16. The third-order valence-corrected chi connectivity index (χ3v) is 9.45. The first-order valence-electron chi connectivity index (χ1n) is 13.9. The van der Waals surface area contributed by atoms with E-state index in [-0.39, 0.29) is 29.9 Å². The number of carboxylic acid groups (broad SMARTS) is 1. The Morgan fingerprint density at radius 2 is 1.70 bits per heavy atom. The normalized spacial score (nSPS) is 14.4. The summed E-state index contributed by atoms with van der Waals surface area (Å²) in [4.78, 5) is 43.5. The van der Waals surface area contributed by atoms with Gasteiger partial charge < -0.3 is 24.1 Å². The number of aromatic carboxylic acids is 1. The van der Waals surface area contributed by atoms with E-state index in [2.05, 4.69) is 36.9 Å². The van der Waals surface area contributed by atoms with Crippen molar-refractivity contribution in [2.45, 2.75) is 26.5 Å². The maximum Gasteiger partial charge on any atom is 0.338 e. The Morgan fingerprint density at radius 1 is 1.00 bits per heavy atom. The van der Waals surface area contributed by atoms with Gasteiger partial charge in [-0.25, -0.2) is 14.6 Å². The lowest BCUT2D eigenvalue weighted by Gasteiger charge is -2.26. The fourth-order valence-electron chi connectivity index (χ4n) is 4.95. The molecule has 10 nitrogen and oxygen atoms in total. The fraction of sp³-hybridized carbons (Fsp3) is 0.212. The predicted octanol–water partition coefficient (Wildman–Crippen LogP) is 5.62. The van der Waals surface area contributed by atoms with E-state index in [0.717, 1.165) is 11.1 Å². The first-order valence-corrected chi connectivity index (χ1v) is 16.3. The average Bonchev–Trinajstić information content (AvgIpc) is 3.33. The van der Waals surface area contributed by atoms with E-state index >= 15 is 0 Å². The van der Waals surface area contributed by atoms with Gasteiger partial charge in [-0.3, -0.25) is 9.36 Å². The molecule has 0 unspecified atom stereocenters. The summed E-state index contributed by atoms with van der Waals surface area (Å²) >= 11 is 8.38. The summed E-state index contributed by atoms with van der Waals surface area (Å²) in [6.07, 6.45) is 1.76. The fourth-order valence-corrected chi connectivity index (χ4v) is 7.04. The summed E-state index contributed by atoms with van der Waals surface area (Å²) in [5.41, 5.74) is 2.72. The molecule has 0 fully saturated rings. The number of carbonyl (C=O) groups excluding carboxylic acids is 1. The molecule has 0 saturated heterocycles. The molecule has 0 bridgehead atoms. The van der Waals surface area contributed by atoms with Crippen molar-refractivity contribution in [2.75, 3.05) is 20.8 Å². The Hall–Kier alpha value is -4.20. The molecule has 0 amide bonds. The van der Waals surface area contributed by atoms with Crippen LogP contribution in [0, 0.1) is 0 Å². The lowest BCUT2D eigenvalue weighted by Crippen LogP contribution is -2.40. The number of ether oxygens (including phenoxy) is 4. The Kier molecular flexibility index (Phi) is 10.1. The molecule has 4 aromatic rings. The Morgan fingerprint density at radius 3 is 2.33 bits per heavy atom. The van der Waals surface area contributed by atoms with E-state index in [0.29, 0.717) is 46.8 Å². The van der Waals surface area contributed by atoms with Gasteiger partial charge in [0.05, 0.1) is 52.7 Å². The van der Waals surface area contributed by atoms with Gasteiger partial charge in [-0.2, -0.15) is 0 Å². The van der Waals surface area contributed by atoms with Crippen LogP contribution in [0.5, 0.6) is 17.2 Å². The van der Waals surface area contributed by atoms with Crippen LogP contribution in [0.25, 0.3) is 6.08 Å². The van der Waals surface area contributed by atoms with E-state index in [1.54, 1.807) is 50.3 Å². The lowest BCUT2D eigenvalue weighted by molar-refractivity contribution is -0.139. The van der Waals surface area contributed by atoms with Crippen LogP contribution < -0.4 is 29.1 Å². The molecule has 1 aliphatic heterocycles. The number of methoxy groups -OCH3 is 2. The van der Waals surface area contributed by atoms with Crippen LogP contribution in [-0.2, 0) is 16.1 Å². The van der Waals surface area contributed by atoms with Crippen molar-refractivity contribution >= 4 is 61.2 Å². The highest BCUT2D eigenvalue weighted by atomic mass is 79.9. The molecule has 3 aromatic carbocycles. The number of rotatable bonds is 10. The molecule has 5 rings (SSSR count). The number of hydrogen-bond donors (Lipinski definition) is 1. The van der Waals surface area contributed by atoms with Crippen LogP contribution in [0.3, 0.4) is 0 Å². The van der Waals surface area contributed by atoms with E-state index in [1.807, 2.05) is 12.1 Å². The summed E-state index contributed by atoms with van der Waals surface area (Å²) in [5.74, 6) is -0.0590. The molecule has 1 atom stereocenters. The molecule has 13 heteroatoms. The molecule has 1 aliphatic rings. The number of hydrogen-bond acceptors (Lipinski definition) is 9. The number of esters is 1. The Labute approximate surface area is 284 Å². The molecule has 0 saturated carbocycles. The van der Waals surface area contributed by atoms with Crippen LogP contribution in [0.2, 0.25) is 0 Å². The van der Waals surface area contributed by atoms with E-state index in [4.69, 9.17) is 24.1 Å². The number of carbonyl (C=O) groups is 2. The van der Waals surface area contributed by atoms with Crippen molar-refractivity contribution in [1.82, 2.24) is 4.57 Å². The van der Waals surface area contributed by atoms with Gasteiger partial charge in [-0.05, 0) is 88.9 Å². The number of aromatic nitrogens is 1. The molecule has 1 aromatic heterocycles. The van der Waals surface area contributed by atoms with Gasteiger partial charge in [0.15, 0.2) is 16.3 Å². The van der Waals surface area contributed by atoms with Gasteiger partial charge >= 0.3 is 11.9 Å². The number of carboxylic acids is 1. The number of nitrogens with zero attached hydrogens (tertiary/aromatic N) is 2. The Balaban J connectivity index is 1.53. The SMILES string of the molecule is CCOC(=O)C1=C(C)N=c2s/c(=C/c3ccc(OCc4ccc(C(=O)O)cc4)c(Br)c3)c(=O)n2[C@@H]1c1cc(OC)c(OC)cc1Br. The minimum absolute atomic E-state index is 0.158. The van der Waals surface area contributed by atoms with Gasteiger partial charge in [0.25, 0.3) is 5.56 Å². The van der Waals surface area contributed by atoms with Gasteiger partial charge in [0.1, 0.15) is 12.4 Å². The van der Waals surface area contributed by atoms with Crippen molar-refractivity contribution in [3.05, 3.63) is 117 Å². The minimum Gasteiger partial charge on any atom is -0.493 e. The molecule has 0 spiro atoms. The zero-order chi connectivity index (χ0) is 33.1. The first kappa shape index (κ1) is 33.2. The smallest absolute Gasteiger partial charge is 0.338 e. The maximum atomic E-state index is 14.1. The highest BCUT2D eigenvalue weighted by Crippen LogP contribution is 2.40. The highest BCUT2D eigenvalue weighted by Gasteiger charge is 2.35. The minimum atomic E-state index is -0.989. The number of thiazole rings is 1. The van der Waals surface area contributed by atoms with Crippen LogP contribution in [0.1, 0.15) is 46.9 Å². The topological polar surface area (TPSA) is 126 Å². The summed E-state index contributed by atoms with van der Waals surface area (Å²) in [5, 5.41) is 9.10. The van der Waals surface area contributed by atoms with Gasteiger partial charge in [0, 0.05) is 4.47 Å². The summed E-state index contributed by atoms with van der Waals surface area (Å²) in [6, 6.07) is 14.5. The quantitative estimate of drug-likeness (QED) is 0.206. The van der Waals surface area contributed by atoms with Crippen molar-refractivity contribution in [3.63, 3.8) is 0 Å². The lowest BCUT2D eigenvalue weighted by atomic mass is 9.95. The molecule has 2 heterocycles. The third kappa shape index (κ3) is 6.67. The van der Waals surface area contributed by atoms with Gasteiger partial charge in [-0.1, -0.05) is 45.5 Å². The monoisotopic (exact) mass is 770 g/mol. The molecular weight excluding hydrogens is 744 g/mol. The number of fused-ring (bicyclic) bond motifs is 1. The second-order valence-corrected chi connectivity index (χ2v) is 12.7. The van der Waals surface area contributed by atoms with Gasteiger partial charge in [0.2, 0.25) is 0 Å². The van der Waals surface area contributed by atoms with Crippen LogP contribution in [0.4, 0.5) is 0 Å². The zero-order valence-electron chi connectivity index (χ0n) is 25.1. The average molecular weight is 772 g/mol. The summed E-state index contributed by atoms with van der Waals surface area (Å²) in [7, 11) is 3.04. The number of allylic oxidation sites excluding steroid dienone is 1. The van der Waals surface area contributed by atoms with Crippen molar-refractivity contribution in [1.29, 1.82) is 0 Å². The van der Waals surface area contributed by atoms with Crippen LogP contribution in [-0.4, -0.2) is 42.4 Å². The van der Waals surface area contributed by atoms with Crippen LogP contribution >= 0.6 is 43.2 Å². The van der Waals surface area contributed by atoms with Crippen molar-refractivity contribution in [2.24, 2.45) is 4.99 Å². The molecule has 238 valence electrons. The highest BCUT2D eigenvalue weighted by molar-refractivity contribution is 9.10. The number of halogens is 2. The molecule has 0 aliphatic carbocycles. The van der Waals surface area contributed by atoms with Crippen molar-refractivity contribution < 1.29 is 33.6 Å². The molecule has 0 radical (unpaired) electrons. The van der Waals surface area contributed by atoms with Crippen molar-refractivity contribution in [3.8, 4) is 17.2 Å². The molecule has 46 heavy (non-hydrogen) atoms. The molecule has 1 N–H and O–H groups in total. The Bertz CT molecular complexity index is 2050. The van der Waals surface area contributed by atoms with E-state index in [1.165, 1.54) is 42.3 Å². The first-order chi connectivity index (χ1) is 22.1. The number of benzene rings is 3. The molecular formula is C33H28Br2N2O8S. The van der Waals surface area contributed by atoms with E-state index in [9.17, 15) is 14.4 Å². The summed E-state index contributed by atoms with van der Waals surface area (Å²) in [6.45, 7) is 3.84. The summed E-state index contributed by atoms with van der Waals surface area (Å²) < 4.78 is 25.5. The second-order valence-electron chi connectivity index (χ2n) is 10.0. The largest absolute Gasteiger partial charge is 0.493 e.